The Bertz CT molecular complexity index is 1260. The predicted molar refractivity (Wildman–Crippen MR) is 119 cm³/mol. The van der Waals surface area contributed by atoms with Crippen LogP contribution in [-0.4, -0.2) is 18.2 Å². The first-order valence-corrected chi connectivity index (χ1v) is 10.0. The standard InChI is InChI=1S/C25H19F3N2O3/c1-15-10-12-17(13-11-15)21-22(29-18-7-5-8-19(14-18)33-25(26,27)28)24(32)30(23(21)31)20-9-4-3-6-16(20)2/h3-14,29H,1-2H3. The lowest BCUT2D eigenvalue weighted by atomic mass is 10.0. The summed E-state index contributed by atoms with van der Waals surface area (Å²) < 4.78 is 41.8. The molecule has 3 aromatic carbocycles. The molecule has 0 atom stereocenters. The van der Waals surface area contributed by atoms with Gasteiger partial charge in [0.25, 0.3) is 11.8 Å². The maximum absolute atomic E-state index is 13.4. The third kappa shape index (κ3) is 4.59. The maximum Gasteiger partial charge on any atom is 0.573 e. The van der Waals surface area contributed by atoms with E-state index in [0.717, 1.165) is 28.2 Å². The van der Waals surface area contributed by atoms with E-state index in [9.17, 15) is 22.8 Å². The van der Waals surface area contributed by atoms with E-state index in [0.29, 0.717) is 11.3 Å². The lowest BCUT2D eigenvalue weighted by Crippen LogP contribution is -2.33. The Morgan fingerprint density at radius 2 is 1.55 bits per heavy atom. The summed E-state index contributed by atoms with van der Waals surface area (Å²) in [6, 6.07) is 19.1. The van der Waals surface area contributed by atoms with Gasteiger partial charge in [0, 0.05) is 11.8 Å². The molecule has 33 heavy (non-hydrogen) atoms. The average molecular weight is 452 g/mol. The second-order valence-corrected chi connectivity index (χ2v) is 7.55. The van der Waals surface area contributed by atoms with Crippen LogP contribution in [0, 0.1) is 13.8 Å². The van der Waals surface area contributed by atoms with Gasteiger partial charge in [-0.05, 0) is 43.2 Å². The fraction of sp³-hybridized carbons (Fsp3) is 0.120. The highest BCUT2D eigenvalue weighted by molar-refractivity contribution is 6.46. The SMILES string of the molecule is Cc1ccc(C2=C(Nc3cccc(OC(F)(F)F)c3)C(=O)N(c3ccccc3C)C2=O)cc1. The second kappa shape index (κ2) is 8.46. The third-order valence-electron chi connectivity index (χ3n) is 5.12. The van der Waals surface area contributed by atoms with Crippen molar-refractivity contribution in [1.82, 2.24) is 0 Å². The number of carbonyl (C=O) groups is 2. The van der Waals surface area contributed by atoms with Gasteiger partial charge < -0.3 is 10.1 Å². The van der Waals surface area contributed by atoms with Gasteiger partial charge in [-0.2, -0.15) is 0 Å². The molecular formula is C25H19F3N2O3. The molecule has 1 aliphatic rings. The van der Waals surface area contributed by atoms with Gasteiger partial charge in [-0.15, -0.1) is 13.2 Å². The summed E-state index contributed by atoms with van der Waals surface area (Å²) in [7, 11) is 0. The number of hydrogen-bond donors (Lipinski definition) is 1. The molecule has 168 valence electrons. The largest absolute Gasteiger partial charge is 0.573 e. The van der Waals surface area contributed by atoms with Crippen LogP contribution in [0.3, 0.4) is 0 Å². The summed E-state index contributed by atoms with van der Waals surface area (Å²) in [4.78, 5) is 27.9. The molecule has 0 spiro atoms. The summed E-state index contributed by atoms with van der Waals surface area (Å²) in [5.41, 5.74) is 2.91. The van der Waals surface area contributed by atoms with Gasteiger partial charge in [-0.1, -0.05) is 54.1 Å². The molecule has 3 aromatic rings. The molecule has 0 unspecified atom stereocenters. The Labute approximate surface area is 188 Å². The Balaban J connectivity index is 1.79. The van der Waals surface area contributed by atoms with Crippen molar-refractivity contribution >= 4 is 28.8 Å². The summed E-state index contributed by atoms with van der Waals surface area (Å²) in [5, 5.41) is 2.85. The summed E-state index contributed by atoms with van der Waals surface area (Å²) >= 11 is 0. The highest BCUT2D eigenvalue weighted by Crippen LogP contribution is 2.35. The van der Waals surface area contributed by atoms with Gasteiger partial charge in [-0.25, -0.2) is 4.90 Å². The van der Waals surface area contributed by atoms with Crippen molar-refractivity contribution in [3.8, 4) is 5.75 Å². The Kier molecular flexibility index (Phi) is 5.68. The molecule has 1 N–H and O–H groups in total. The zero-order valence-electron chi connectivity index (χ0n) is 17.7. The molecule has 5 nitrogen and oxygen atoms in total. The molecule has 2 amide bonds. The monoisotopic (exact) mass is 452 g/mol. The highest BCUT2D eigenvalue weighted by Gasteiger charge is 2.41. The average Bonchev–Trinajstić information content (AvgIpc) is 2.98. The van der Waals surface area contributed by atoms with Crippen LogP contribution < -0.4 is 15.0 Å². The van der Waals surface area contributed by atoms with Crippen LogP contribution in [0.15, 0.2) is 78.5 Å². The first-order chi connectivity index (χ1) is 15.6. The quantitative estimate of drug-likeness (QED) is 0.512. The number of halogens is 3. The molecule has 1 heterocycles. The molecule has 0 aliphatic carbocycles. The number of ether oxygens (including phenoxy) is 1. The van der Waals surface area contributed by atoms with Crippen molar-refractivity contribution in [2.45, 2.75) is 20.2 Å². The van der Waals surface area contributed by atoms with Crippen molar-refractivity contribution in [1.29, 1.82) is 0 Å². The fourth-order valence-electron chi connectivity index (χ4n) is 3.58. The molecule has 0 bridgehead atoms. The van der Waals surface area contributed by atoms with E-state index in [1.54, 1.807) is 43.3 Å². The molecule has 0 saturated carbocycles. The molecule has 0 saturated heterocycles. The molecule has 0 fully saturated rings. The van der Waals surface area contributed by atoms with Gasteiger partial charge in [0.1, 0.15) is 11.4 Å². The number of amides is 2. The van der Waals surface area contributed by atoms with Crippen LogP contribution in [0.5, 0.6) is 5.75 Å². The third-order valence-corrected chi connectivity index (χ3v) is 5.12. The van der Waals surface area contributed by atoms with Crippen molar-refractivity contribution in [2.24, 2.45) is 0 Å². The lowest BCUT2D eigenvalue weighted by Gasteiger charge is -2.17. The van der Waals surface area contributed by atoms with Crippen LogP contribution >= 0.6 is 0 Å². The number of aryl methyl sites for hydroxylation is 2. The minimum Gasteiger partial charge on any atom is -0.406 e. The Hall–Kier alpha value is -4.07. The number of nitrogens with zero attached hydrogens (tertiary/aromatic N) is 1. The molecule has 8 heteroatoms. The minimum absolute atomic E-state index is 0.0312. The van der Waals surface area contributed by atoms with E-state index in [1.165, 1.54) is 12.1 Å². The number of benzene rings is 3. The molecular weight excluding hydrogens is 433 g/mol. The molecule has 0 aromatic heterocycles. The van der Waals surface area contributed by atoms with Crippen LogP contribution in [0.25, 0.3) is 5.57 Å². The van der Waals surface area contributed by atoms with Gasteiger partial charge in [0.05, 0.1) is 11.3 Å². The van der Waals surface area contributed by atoms with Crippen LogP contribution in [-0.2, 0) is 9.59 Å². The number of nitrogens with one attached hydrogen (secondary N) is 1. The summed E-state index contributed by atoms with van der Waals surface area (Å²) in [6.07, 6.45) is -4.86. The van der Waals surface area contributed by atoms with Gasteiger partial charge in [0.15, 0.2) is 0 Å². The number of para-hydroxylation sites is 1. The number of anilines is 2. The summed E-state index contributed by atoms with van der Waals surface area (Å²) in [5.74, 6) is -1.58. The van der Waals surface area contributed by atoms with Crippen LogP contribution in [0.1, 0.15) is 16.7 Å². The van der Waals surface area contributed by atoms with E-state index < -0.39 is 23.9 Å². The zero-order valence-corrected chi connectivity index (χ0v) is 17.7. The van der Waals surface area contributed by atoms with E-state index in [-0.39, 0.29) is 17.0 Å². The molecule has 0 radical (unpaired) electrons. The smallest absolute Gasteiger partial charge is 0.406 e. The van der Waals surface area contributed by atoms with Gasteiger partial charge in [-0.3, -0.25) is 9.59 Å². The normalized spacial score (nSPS) is 14.2. The first kappa shape index (κ1) is 22.1. The highest BCUT2D eigenvalue weighted by atomic mass is 19.4. The van der Waals surface area contributed by atoms with Gasteiger partial charge >= 0.3 is 6.36 Å². The second-order valence-electron chi connectivity index (χ2n) is 7.55. The van der Waals surface area contributed by atoms with E-state index in [2.05, 4.69) is 10.1 Å². The Morgan fingerprint density at radius 3 is 2.21 bits per heavy atom. The van der Waals surface area contributed by atoms with Gasteiger partial charge in [0.2, 0.25) is 0 Å². The van der Waals surface area contributed by atoms with Crippen molar-refractivity contribution in [2.75, 3.05) is 10.2 Å². The molecule has 4 rings (SSSR count). The fourth-order valence-corrected chi connectivity index (χ4v) is 3.58. The van der Waals surface area contributed by atoms with Crippen molar-refractivity contribution in [3.05, 3.63) is 95.2 Å². The first-order valence-electron chi connectivity index (χ1n) is 10.0. The van der Waals surface area contributed by atoms with E-state index in [4.69, 9.17) is 0 Å². The zero-order chi connectivity index (χ0) is 23.8. The number of carbonyl (C=O) groups excluding carboxylic acids is 2. The van der Waals surface area contributed by atoms with E-state index in [1.807, 2.05) is 19.1 Å². The minimum atomic E-state index is -4.86. The summed E-state index contributed by atoms with van der Waals surface area (Å²) in [6.45, 7) is 3.68. The topological polar surface area (TPSA) is 58.6 Å². The number of alkyl halides is 3. The van der Waals surface area contributed by atoms with Crippen molar-refractivity contribution in [3.63, 3.8) is 0 Å². The predicted octanol–water partition coefficient (Wildman–Crippen LogP) is 5.60. The maximum atomic E-state index is 13.4. The number of rotatable bonds is 5. The Morgan fingerprint density at radius 1 is 0.848 bits per heavy atom. The van der Waals surface area contributed by atoms with Crippen LogP contribution in [0.2, 0.25) is 0 Å². The van der Waals surface area contributed by atoms with E-state index >= 15 is 0 Å². The lowest BCUT2D eigenvalue weighted by molar-refractivity contribution is -0.274. The number of imide groups is 1. The number of hydrogen-bond acceptors (Lipinski definition) is 4. The molecule has 1 aliphatic heterocycles. The van der Waals surface area contributed by atoms with Crippen molar-refractivity contribution < 1.29 is 27.5 Å². The van der Waals surface area contributed by atoms with Crippen LogP contribution in [0.4, 0.5) is 24.5 Å².